The molecule has 0 fully saturated rings. The van der Waals surface area contributed by atoms with Crippen LogP contribution in [0, 0.1) is 13.8 Å². The molecular weight excluding hydrogens is 400 g/mol. The first-order valence-electron chi connectivity index (χ1n) is 8.28. The molecule has 0 saturated heterocycles. The third-order valence-electron chi connectivity index (χ3n) is 3.83. The van der Waals surface area contributed by atoms with Crippen molar-refractivity contribution in [2.75, 3.05) is 11.1 Å². The second-order valence-corrected chi connectivity index (χ2v) is 7.36. The number of benzene rings is 1. The van der Waals surface area contributed by atoms with E-state index in [2.05, 4.69) is 30.5 Å². The van der Waals surface area contributed by atoms with Gasteiger partial charge in [-0.05, 0) is 38.1 Å². The van der Waals surface area contributed by atoms with Gasteiger partial charge in [0.2, 0.25) is 11.1 Å². The maximum Gasteiger partial charge on any atom is 0.253 e. The van der Waals surface area contributed by atoms with E-state index >= 15 is 0 Å². The van der Waals surface area contributed by atoms with Crippen LogP contribution in [0.2, 0.25) is 5.02 Å². The van der Waals surface area contributed by atoms with Gasteiger partial charge in [0.1, 0.15) is 12.7 Å². The standard InChI is InChI=1S/C17H15ClN8OS/c1-10-5-11(2)26-16(21-10)23-17(24-26)28-7-15(27)22-13-6-12(18)3-4-14(13)25-9-19-8-20-25/h3-6,8-9H,7H2,1-2H3,(H,22,27). The molecule has 3 heterocycles. The Hall–Kier alpha value is -2.98. The fourth-order valence-electron chi connectivity index (χ4n) is 2.67. The van der Waals surface area contributed by atoms with Gasteiger partial charge < -0.3 is 5.32 Å². The fourth-order valence-corrected chi connectivity index (χ4v) is 3.46. The van der Waals surface area contributed by atoms with Crippen molar-refractivity contribution in [2.45, 2.75) is 19.0 Å². The second kappa shape index (κ2) is 7.56. The Bertz CT molecular complexity index is 1160. The van der Waals surface area contributed by atoms with Gasteiger partial charge in [0, 0.05) is 16.4 Å². The lowest BCUT2D eigenvalue weighted by atomic mass is 10.2. The molecule has 0 atom stereocenters. The minimum atomic E-state index is -0.214. The van der Waals surface area contributed by atoms with Crippen molar-refractivity contribution in [3.05, 3.63) is 53.3 Å². The lowest BCUT2D eigenvalue weighted by Crippen LogP contribution is -2.16. The number of amides is 1. The highest BCUT2D eigenvalue weighted by Gasteiger charge is 2.13. The summed E-state index contributed by atoms with van der Waals surface area (Å²) in [4.78, 5) is 25.1. The molecule has 1 amide bonds. The minimum Gasteiger partial charge on any atom is -0.323 e. The summed E-state index contributed by atoms with van der Waals surface area (Å²) in [7, 11) is 0. The van der Waals surface area contributed by atoms with E-state index in [1.165, 1.54) is 18.1 Å². The molecule has 142 valence electrons. The molecule has 0 saturated carbocycles. The Balaban J connectivity index is 1.48. The van der Waals surface area contributed by atoms with Crippen LogP contribution in [-0.2, 0) is 4.79 Å². The van der Waals surface area contributed by atoms with Crippen molar-refractivity contribution in [3.8, 4) is 5.69 Å². The van der Waals surface area contributed by atoms with Crippen LogP contribution in [0.3, 0.4) is 0 Å². The number of halogens is 1. The number of anilines is 1. The molecular formula is C17H15ClN8OS. The molecule has 4 aromatic rings. The third-order valence-corrected chi connectivity index (χ3v) is 4.90. The number of carbonyl (C=O) groups is 1. The van der Waals surface area contributed by atoms with Gasteiger partial charge >= 0.3 is 0 Å². The van der Waals surface area contributed by atoms with Crippen molar-refractivity contribution in [1.82, 2.24) is 34.3 Å². The largest absolute Gasteiger partial charge is 0.323 e. The first-order chi connectivity index (χ1) is 13.5. The SMILES string of the molecule is Cc1cc(C)n2nc(SCC(=O)Nc3cc(Cl)ccc3-n3cncn3)nc2n1. The lowest BCUT2D eigenvalue weighted by molar-refractivity contribution is -0.113. The predicted octanol–water partition coefficient (Wildman–Crippen LogP) is 2.71. The highest BCUT2D eigenvalue weighted by molar-refractivity contribution is 7.99. The van der Waals surface area contributed by atoms with E-state index in [9.17, 15) is 4.79 Å². The summed E-state index contributed by atoms with van der Waals surface area (Å²) >= 11 is 7.31. The van der Waals surface area contributed by atoms with E-state index in [-0.39, 0.29) is 11.7 Å². The Kier molecular flexibility index (Phi) is 4.97. The average molecular weight is 415 g/mol. The summed E-state index contributed by atoms with van der Waals surface area (Å²) < 4.78 is 3.21. The highest BCUT2D eigenvalue weighted by atomic mass is 35.5. The zero-order chi connectivity index (χ0) is 19.7. The molecule has 0 aliphatic rings. The molecule has 0 radical (unpaired) electrons. The Morgan fingerprint density at radius 2 is 2.11 bits per heavy atom. The molecule has 0 spiro atoms. The van der Waals surface area contributed by atoms with Gasteiger partial charge in [0.15, 0.2) is 0 Å². The van der Waals surface area contributed by atoms with Gasteiger partial charge in [-0.25, -0.2) is 19.2 Å². The predicted molar refractivity (Wildman–Crippen MR) is 106 cm³/mol. The average Bonchev–Trinajstić information content (AvgIpc) is 3.30. The maximum absolute atomic E-state index is 12.5. The van der Waals surface area contributed by atoms with Crippen LogP contribution in [0.5, 0.6) is 0 Å². The van der Waals surface area contributed by atoms with Crippen LogP contribution in [0.15, 0.2) is 42.1 Å². The molecule has 1 aromatic carbocycles. The molecule has 9 nitrogen and oxygen atoms in total. The molecule has 11 heteroatoms. The number of hydrogen-bond donors (Lipinski definition) is 1. The Morgan fingerprint density at radius 1 is 1.25 bits per heavy atom. The fraction of sp³-hybridized carbons (Fsp3) is 0.176. The van der Waals surface area contributed by atoms with Crippen LogP contribution in [0.1, 0.15) is 11.4 Å². The molecule has 3 aromatic heterocycles. The van der Waals surface area contributed by atoms with Gasteiger partial charge in [-0.15, -0.1) is 5.10 Å². The lowest BCUT2D eigenvalue weighted by Gasteiger charge is -2.10. The smallest absolute Gasteiger partial charge is 0.253 e. The van der Waals surface area contributed by atoms with Gasteiger partial charge in [-0.2, -0.15) is 10.1 Å². The van der Waals surface area contributed by atoms with Gasteiger partial charge in [-0.3, -0.25) is 4.79 Å². The van der Waals surface area contributed by atoms with Crippen molar-refractivity contribution in [1.29, 1.82) is 0 Å². The number of fused-ring (bicyclic) bond motifs is 1. The topological polar surface area (TPSA) is 103 Å². The summed E-state index contributed by atoms with van der Waals surface area (Å²) in [6.45, 7) is 3.84. The molecule has 1 N–H and O–H groups in total. The Labute approximate surface area is 169 Å². The van der Waals surface area contributed by atoms with E-state index in [0.717, 1.165) is 11.4 Å². The van der Waals surface area contributed by atoms with Crippen molar-refractivity contribution in [3.63, 3.8) is 0 Å². The molecule has 0 aliphatic heterocycles. The van der Waals surface area contributed by atoms with E-state index in [1.54, 1.807) is 33.7 Å². The number of hydrogen-bond acceptors (Lipinski definition) is 7. The molecule has 0 aliphatic carbocycles. The zero-order valence-corrected chi connectivity index (χ0v) is 16.6. The summed E-state index contributed by atoms with van der Waals surface area (Å²) in [6, 6.07) is 7.08. The maximum atomic E-state index is 12.5. The van der Waals surface area contributed by atoms with Crippen molar-refractivity contribution < 1.29 is 4.79 Å². The van der Waals surface area contributed by atoms with Crippen LogP contribution in [-0.4, -0.2) is 46.0 Å². The monoisotopic (exact) mass is 414 g/mol. The normalized spacial score (nSPS) is 11.1. The summed E-state index contributed by atoms with van der Waals surface area (Å²) in [6.07, 6.45) is 2.97. The van der Waals surface area contributed by atoms with Gasteiger partial charge in [0.25, 0.3) is 5.78 Å². The quantitative estimate of drug-likeness (QED) is 0.501. The highest BCUT2D eigenvalue weighted by Crippen LogP contribution is 2.24. The van der Waals surface area contributed by atoms with Crippen LogP contribution in [0.25, 0.3) is 11.5 Å². The number of rotatable bonds is 5. The second-order valence-electron chi connectivity index (χ2n) is 5.98. The number of thioether (sulfide) groups is 1. The number of nitrogens with zero attached hydrogens (tertiary/aromatic N) is 7. The number of aromatic nitrogens is 7. The first kappa shape index (κ1) is 18.4. The van der Waals surface area contributed by atoms with Crippen LogP contribution < -0.4 is 5.32 Å². The summed E-state index contributed by atoms with van der Waals surface area (Å²) in [5.41, 5.74) is 3.01. The third kappa shape index (κ3) is 3.82. The summed E-state index contributed by atoms with van der Waals surface area (Å²) in [5, 5.41) is 12.3. The van der Waals surface area contributed by atoms with E-state index < -0.39 is 0 Å². The van der Waals surface area contributed by atoms with E-state index in [1.807, 2.05) is 19.9 Å². The number of aryl methyl sites for hydroxylation is 2. The van der Waals surface area contributed by atoms with Crippen molar-refractivity contribution >= 4 is 40.7 Å². The first-order valence-corrected chi connectivity index (χ1v) is 9.64. The van der Waals surface area contributed by atoms with E-state index in [0.29, 0.717) is 27.3 Å². The molecule has 0 unspecified atom stereocenters. The molecule has 0 bridgehead atoms. The van der Waals surface area contributed by atoms with Gasteiger partial charge in [0.05, 0.1) is 17.1 Å². The van der Waals surface area contributed by atoms with Crippen molar-refractivity contribution in [2.24, 2.45) is 0 Å². The Morgan fingerprint density at radius 3 is 2.89 bits per heavy atom. The minimum absolute atomic E-state index is 0.137. The van der Waals surface area contributed by atoms with Crippen LogP contribution >= 0.6 is 23.4 Å². The summed E-state index contributed by atoms with van der Waals surface area (Å²) in [5.74, 6) is 0.440. The molecule has 4 rings (SSSR count). The van der Waals surface area contributed by atoms with Crippen LogP contribution in [0.4, 0.5) is 5.69 Å². The molecule has 28 heavy (non-hydrogen) atoms. The van der Waals surface area contributed by atoms with Gasteiger partial charge in [-0.1, -0.05) is 23.4 Å². The number of nitrogens with one attached hydrogen (secondary N) is 1. The zero-order valence-electron chi connectivity index (χ0n) is 15.0. The van der Waals surface area contributed by atoms with E-state index in [4.69, 9.17) is 11.6 Å². The number of carbonyl (C=O) groups excluding carboxylic acids is 1.